The fraction of sp³-hybridized carbons (Fsp3) is 0.371. The molecular weight excluding hydrogens is 620 g/mol. The van der Waals surface area contributed by atoms with Crippen LogP contribution in [0.4, 0.5) is 8.78 Å². The molecule has 3 saturated heterocycles. The normalized spacial score (nSPS) is 24.9. The minimum absolute atomic E-state index is 0.0207. The van der Waals surface area contributed by atoms with Gasteiger partial charge in [-0.05, 0) is 86.2 Å². The highest BCUT2D eigenvalue weighted by Crippen LogP contribution is 2.46. The number of ether oxygens (including phenoxy) is 2. The maximum Gasteiger partial charge on any atom is 0.354 e. The summed E-state index contributed by atoms with van der Waals surface area (Å²) in [5, 5.41) is 18.8. The van der Waals surface area contributed by atoms with Gasteiger partial charge in [0.15, 0.2) is 11.3 Å². The number of hydrogen-bond donors (Lipinski definition) is 1. The first kappa shape index (κ1) is 29.9. The van der Waals surface area contributed by atoms with Crippen LogP contribution in [-0.2, 0) is 11.3 Å². The lowest BCUT2D eigenvalue weighted by Crippen LogP contribution is -2.48. The van der Waals surface area contributed by atoms with Crippen molar-refractivity contribution in [3.05, 3.63) is 94.2 Å². The van der Waals surface area contributed by atoms with Crippen LogP contribution in [0, 0.1) is 23.1 Å². The third-order valence-corrected chi connectivity index (χ3v) is 12.9. The molecule has 47 heavy (non-hydrogen) atoms. The SMILES string of the molecule is N#Cc1ccc(C2C=C(F)c3cccc(C4CCN(Cc5nc6ccc(C(=O)O)nc6n5C5[SiH2]CC5[C@@H]5CCO5)CC4)c3O2)c(F)c1. The average Bonchev–Trinajstić information content (AvgIpc) is 3.38. The number of halogens is 2. The summed E-state index contributed by atoms with van der Waals surface area (Å²) in [7, 11) is -0.431. The van der Waals surface area contributed by atoms with Crippen LogP contribution in [0.5, 0.6) is 5.75 Å². The minimum Gasteiger partial charge on any atom is -0.480 e. The van der Waals surface area contributed by atoms with Crippen molar-refractivity contribution in [2.45, 2.75) is 55.6 Å². The predicted octanol–water partition coefficient (Wildman–Crippen LogP) is 5.47. The van der Waals surface area contributed by atoms with Crippen LogP contribution >= 0.6 is 0 Å². The third-order valence-electron chi connectivity index (χ3n) is 10.3. The maximum atomic E-state index is 15.4. The van der Waals surface area contributed by atoms with Gasteiger partial charge in [-0.25, -0.2) is 23.5 Å². The summed E-state index contributed by atoms with van der Waals surface area (Å²) in [6, 6.07) is 16.0. The molecule has 0 spiro atoms. The van der Waals surface area contributed by atoms with Gasteiger partial charge in [-0.2, -0.15) is 5.26 Å². The summed E-state index contributed by atoms with van der Waals surface area (Å²) >= 11 is 0. The molecule has 8 rings (SSSR count). The zero-order valence-electron chi connectivity index (χ0n) is 25.6. The van der Waals surface area contributed by atoms with E-state index in [9.17, 15) is 14.3 Å². The Bertz CT molecular complexity index is 1960. The van der Waals surface area contributed by atoms with Gasteiger partial charge in [0.1, 0.15) is 34.8 Å². The van der Waals surface area contributed by atoms with E-state index in [0.717, 1.165) is 56.4 Å². The molecule has 0 bridgehead atoms. The van der Waals surface area contributed by atoms with Crippen LogP contribution in [0.1, 0.15) is 75.5 Å². The monoisotopic (exact) mass is 653 g/mol. The van der Waals surface area contributed by atoms with Crippen molar-refractivity contribution in [2.24, 2.45) is 5.92 Å². The molecule has 4 aliphatic rings. The number of pyridine rings is 1. The molecule has 3 fully saturated rings. The van der Waals surface area contributed by atoms with E-state index in [1.807, 2.05) is 18.2 Å². The molecule has 3 unspecified atom stereocenters. The van der Waals surface area contributed by atoms with Gasteiger partial charge in [-0.3, -0.25) is 4.90 Å². The van der Waals surface area contributed by atoms with Crippen LogP contribution in [0.2, 0.25) is 6.04 Å². The number of piperidine rings is 1. The summed E-state index contributed by atoms with van der Waals surface area (Å²) in [6.07, 6.45) is 3.31. The van der Waals surface area contributed by atoms with Crippen LogP contribution in [0.25, 0.3) is 17.0 Å². The van der Waals surface area contributed by atoms with Crippen LogP contribution in [0.3, 0.4) is 0 Å². The van der Waals surface area contributed by atoms with E-state index in [1.54, 1.807) is 12.1 Å². The second-order valence-corrected chi connectivity index (χ2v) is 14.9. The number of nitrogens with zero attached hydrogens (tertiary/aromatic N) is 5. The highest BCUT2D eigenvalue weighted by atomic mass is 28.2. The first-order valence-corrected chi connectivity index (χ1v) is 18.0. The van der Waals surface area contributed by atoms with E-state index in [0.29, 0.717) is 40.6 Å². The predicted molar refractivity (Wildman–Crippen MR) is 172 cm³/mol. The molecule has 1 N–H and O–H groups in total. The molecule has 0 amide bonds. The van der Waals surface area contributed by atoms with Crippen LogP contribution in [-0.4, -0.2) is 65.8 Å². The summed E-state index contributed by atoms with van der Waals surface area (Å²) in [4.78, 5) is 23.7. The van der Waals surface area contributed by atoms with Gasteiger partial charge >= 0.3 is 5.97 Å². The van der Waals surface area contributed by atoms with Crippen LogP contribution < -0.4 is 4.74 Å². The molecule has 2 aromatic carbocycles. The summed E-state index contributed by atoms with van der Waals surface area (Å²) in [5.41, 5.74) is 3.34. The zero-order valence-corrected chi connectivity index (χ0v) is 27.0. The molecular formula is C35H33F2N5O4Si. The summed E-state index contributed by atoms with van der Waals surface area (Å²) in [5.74, 6) is -0.212. The highest BCUT2D eigenvalue weighted by molar-refractivity contribution is 6.41. The van der Waals surface area contributed by atoms with Gasteiger partial charge in [-0.1, -0.05) is 24.2 Å². The maximum absolute atomic E-state index is 15.4. The van der Waals surface area contributed by atoms with Crippen molar-refractivity contribution in [3.8, 4) is 11.8 Å². The van der Waals surface area contributed by atoms with Gasteiger partial charge in [0.05, 0.1) is 29.8 Å². The number of aromatic carboxylic acids is 1. The standard InChI is InChI=1S/C35H33F2N5O4Si/c36-25-14-19(16-38)4-5-22(25)30-15-26(37)23-3-1-2-21(32(23)46-30)20-8-11-41(12-9-20)17-31-39-27-6-7-28(35(43)44)40-33(27)42(31)34-24(18-47-34)29-10-13-45-29/h1-7,14-15,20,24,29-30,34H,8-13,17-18,47H2,(H,43,44)/t24?,29-,30?,34?/m0/s1. The number of aromatic nitrogens is 3. The van der Waals surface area contributed by atoms with Crippen molar-refractivity contribution in [3.63, 3.8) is 0 Å². The van der Waals surface area contributed by atoms with Crippen molar-refractivity contribution < 1.29 is 28.2 Å². The van der Waals surface area contributed by atoms with E-state index < -0.39 is 33.2 Å². The quantitative estimate of drug-likeness (QED) is 0.262. The Morgan fingerprint density at radius 2 is 1.91 bits per heavy atom. The van der Waals surface area contributed by atoms with Gasteiger partial charge in [0.25, 0.3) is 0 Å². The van der Waals surface area contributed by atoms with E-state index in [-0.39, 0.29) is 28.8 Å². The molecule has 0 aliphatic carbocycles. The molecule has 12 heteroatoms. The number of carbonyl (C=O) groups is 1. The number of carboxylic acid groups (broad SMARTS) is 1. The fourth-order valence-corrected chi connectivity index (χ4v) is 9.95. The number of benzene rings is 2. The average molecular weight is 654 g/mol. The van der Waals surface area contributed by atoms with E-state index in [1.165, 1.54) is 30.3 Å². The van der Waals surface area contributed by atoms with Crippen LogP contribution in [0.15, 0.2) is 54.6 Å². The molecule has 4 aromatic rings. The van der Waals surface area contributed by atoms with Gasteiger partial charge in [0.2, 0.25) is 0 Å². The number of carboxylic acids is 1. The Hall–Kier alpha value is -4.44. The Morgan fingerprint density at radius 3 is 2.60 bits per heavy atom. The molecule has 240 valence electrons. The first-order valence-electron chi connectivity index (χ1n) is 16.2. The number of rotatable bonds is 7. The lowest BCUT2D eigenvalue weighted by molar-refractivity contribution is -0.0906. The molecule has 0 saturated carbocycles. The van der Waals surface area contributed by atoms with Crippen molar-refractivity contribution in [2.75, 3.05) is 19.7 Å². The largest absolute Gasteiger partial charge is 0.480 e. The van der Waals surface area contributed by atoms with Crippen molar-refractivity contribution >= 4 is 32.5 Å². The number of imidazole rings is 1. The van der Waals surface area contributed by atoms with Gasteiger partial charge in [-0.15, -0.1) is 0 Å². The Morgan fingerprint density at radius 1 is 1.09 bits per heavy atom. The van der Waals surface area contributed by atoms with Crippen molar-refractivity contribution in [1.29, 1.82) is 5.26 Å². The molecule has 2 aromatic heterocycles. The Balaban J connectivity index is 1.02. The Labute approximate surface area is 272 Å². The second kappa shape index (κ2) is 12.0. The number of hydrogen-bond acceptors (Lipinski definition) is 7. The molecule has 0 radical (unpaired) electrons. The number of likely N-dealkylation sites (tertiary alicyclic amines) is 1. The first-order chi connectivity index (χ1) is 22.9. The van der Waals surface area contributed by atoms with Gasteiger partial charge in [0, 0.05) is 27.4 Å². The molecule has 9 nitrogen and oxygen atoms in total. The fourth-order valence-electron chi connectivity index (χ4n) is 7.62. The molecule has 4 aliphatic heterocycles. The number of fused-ring (bicyclic) bond motifs is 2. The van der Waals surface area contributed by atoms with Crippen molar-refractivity contribution in [1.82, 2.24) is 19.4 Å². The van der Waals surface area contributed by atoms with E-state index >= 15 is 4.39 Å². The third kappa shape index (κ3) is 5.32. The van der Waals surface area contributed by atoms with E-state index in [2.05, 4.69) is 14.5 Å². The summed E-state index contributed by atoms with van der Waals surface area (Å²) < 4.78 is 44.7. The van der Waals surface area contributed by atoms with Gasteiger partial charge < -0.3 is 19.1 Å². The molecule has 4 atom stereocenters. The topological polar surface area (TPSA) is 114 Å². The lowest BCUT2D eigenvalue weighted by atomic mass is 9.86. The lowest BCUT2D eigenvalue weighted by Gasteiger charge is -2.46. The minimum atomic E-state index is -1.05. The van der Waals surface area contributed by atoms with E-state index in [4.69, 9.17) is 19.7 Å². The zero-order chi connectivity index (χ0) is 32.2. The highest BCUT2D eigenvalue weighted by Gasteiger charge is 2.43. The molecule has 6 heterocycles. The number of para-hydroxylation sites is 1. The smallest absolute Gasteiger partial charge is 0.354 e. The second-order valence-electron chi connectivity index (χ2n) is 12.9. The summed E-state index contributed by atoms with van der Waals surface area (Å²) in [6.45, 7) is 2.99. The Kier molecular flexibility index (Phi) is 7.62. The number of nitriles is 1.